The minimum absolute atomic E-state index is 0.165. The number of fused-ring (bicyclic) bond motifs is 2. The lowest BCUT2D eigenvalue weighted by atomic mass is 9.88. The molecule has 57 heavy (non-hydrogen) atoms. The summed E-state index contributed by atoms with van der Waals surface area (Å²) in [6.07, 6.45) is 11.8. The van der Waals surface area contributed by atoms with E-state index in [1.807, 2.05) is 12.4 Å². The van der Waals surface area contributed by atoms with Gasteiger partial charge < -0.3 is 40.0 Å². The second kappa shape index (κ2) is 17.8. The number of imidazole rings is 2. The summed E-state index contributed by atoms with van der Waals surface area (Å²) >= 11 is 0. The summed E-state index contributed by atoms with van der Waals surface area (Å²) in [6.45, 7) is 2.60. The number of nitrogens with one attached hydrogen (secondary N) is 5. The first-order valence-corrected chi connectivity index (χ1v) is 19.6. The number of H-pyrrole nitrogens is 3. The third kappa shape index (κ3) is 8.86. The Morgan fingerprint density at radius 3 is 2.12 bits per heavy atom. The molecule has 3 amide bonds. The molecule has 0 radical (unpaired) electrons. The maximum Gasteiger partial charge on any atom is 0.407 e. The van der Waals surface area contributed by atoms with Gasteiger partial charge in [0.2, 0.25) is 12.3 Å². The Morgan fingerprint density at radius 2 is 1.54 bits per heavy atom. The van der Waals surface area contributed by atoms with Crippen molar-refractivity contribution in [3.05, 3.63) is 107 Å². The fraction of sp³-hybridized carbons (Fsp3) is 0.395. The number of hydrogen-bond acceptors (Lipinski definition) is 8. The van der Waals surface area contributed by atoms with E-state index < -0.39 is 18.2 Å². The molecule has 3 aliphatic rings. The van der Waals surface area contributed by atoms with Gasteiger partial charge in [0.1, 0.15) is 17.7 Å². The molecular weight excluding hydrogens is 725 g/mol. The Balaban J connectivity index is 0.000000391. The number of rotatable bonds is 12. The summed E-state index contributed by atoms with van der Waals surface area (Å²) in [5, 5.41) is 5.04. The number of aromatic nitrogens is 5. The molecule has 6 unspecified atom stereocenters. The number of benzene rings is 2. The zero-order valence-corrected chi connectivity index (χ0v) is 32.5. The van der Waals surface area contributed by atoms with Crippen LogP contribution in [0.5, 0.6) is 0 Å². The molecule has 8 rings (SSSR count). The van der Waals surface area contributed by atoms with Gasteiger partial charge in [0, 0.05) is 37.9 Å². The van der Waals surface area contributed by atoms with Crippen molar-refractivity contribution in [1.82, 2.24) is 40.5 Å². The standard InChI is InChI=1S/C36H42N6O4.C7H8N2O2/c1-21(45-2)32(41-36(44)46-3)35(43)42-16-4-5-31(42)34-38-20-30(40-34)26-14-10-24(11-15-26)23-8-12-25(13-9-23)29-19-37-33(39-29)28-18-22-6-7-27(28)17-22;10-5-8-4-6-2-1-3-9-7(6)11/h8-15,19-22,27-28,31-32H,4-7,16-18H2,1-3H3,(H,37,39)(H,38,40)(H,41,44);1-3,5H,4H2,(H,8,10)(H,9,11). The van der Waals surface area contributed by atoms with E-state index in [4.69, 9.17) is 14.5 Å². The second-order valence-corrected chi connectivity index (χ2v) is 15.1. The van der Waals surface area contributed by atoms with Crippen LogP contribution >= 0.6 is 0 Å². The number of likely N-dealkylation sites (tertiary alicyclic amines) is 1. The van der Waals surface area contributed by atoms with Crippen LogP contribution in [0.25, 0.3) is 33.6 Å². The zero-order valence-electron chi connectivity index (χ0n) is 32.5. The third-order valence-corrected chi connectivity index (χ3v) is 11.7. The van der Waals surface area contributed by atoms with E-state index in [0.29, 0.717) is 24.4 Å². The summed E-state index contributed by atoms with van der Waals surface area (Å²) in [6, 6.07) is 19.4. The lowest BCUT2D eigenvalue weighted by molar-refractivity contribution is -0.137. The molecule has 298 valence electrons. The van der Waals surface area contributed by atoms with Gasteiger partial charge in [-0.15, -0.1) is 0 Å². The molecule has 3 fully saturated rings. The molecule has 1 saturated heterocycles. The maximum absolute atomic E-state index is 13.5. The Bertz CT molecular complexity index is 2200. The van der Waals surface area contributed by atoms with Crippen LogP contribution in [0, 0.1) is 11.8 Å². The number of methoxy groups -OCH3 is 2. The highest BCUT2D eigenvalue weighted by molar-refractivity contribution is 5.87. The molecular formula is C43H50N8O6. The first-order chi connectivity index (χ1) is 27.8. The average Bonchev–Trinajstić information content (AvgIpc) is 4.11. The van der Waals surface area contributed by atoms with Gasteiger partial charge in [-0.05, 0) is 79.2 Å². The third-order valence-electron chi connectivity index (χ3n) is 11.7. The van der Waals surface area contributed by atoms with E-state index in [1.54, 1.807) is 30.2 Å². The molecule has 2 bridgehead atoms. The molecule has 5 N–H and O–H groups in total. The van der Waals surface area contributed by atoms with E-state index in [2.05, 4.69) is 79.1 Å². The van der Waals surface area contributed by atoms with Crippen molar-refractivity contribution >= 4 is 18.4 Å². The van der Waals surface area contributed by atoms with Crippen LogP contribution in [0.2, 0.25) is 0 Å². The van der Waals surface area contributed by atoms with Crippen LogP contribution in [-0.2, 0) is 25.6 Å². The van der Waals surface area contributed by atoms with Crippen molar-refractivity contribution in [3.8, 4) is 33.6 Å². The number of pyridine rings is 1. The summed E-state index contributed by atoms with van der Waals surface area (Å²) in [5.41, 5.74) is 6.80. The topological polar surface area (TPSA) is 187 Å². The van der Waals surface area contributed by atoms with Crippen LogP contribution in [0.1, 0.15) is 74.6 Å². The number of carbonyl (C=O) groups excluding carboxylic acids is 3. The van der Waals surface area contributed by atoms with Crippen molar-refractivity contribution < 1.29 is 23.9 Å². The minimum atomic E-state index is -0.863. The van der Waals surface area contributed by atoms with Crippen LogP contribution in [-0.4, -0.2) is 81.1 Å². The van der Waals surface area contributed by atoms with Crippen LogP contribution in [0.4, 0.5) is 4.79 Å². The Kier molecular flexibility index (Phi) is 12.3. The van der Waals surface area contributed by atoms with Crippen molar-refractivity contribution in [2.75, 3.05) is 20.8 Å². The van der Waals surface area contributed by atoms with Gasteiger partial charge in [-0.2, -0.15) is 0 Å². The molecule has 4 heterocycles. The molecule has 2 aromatic carbocycles. The van der Waals surface area contributed by atoms with Crippen LogP contribution in [0.3, 0.4) is 0 Å². The van der Waals surface area contributed by atoms with Gasteiger partial charge in [-0.1, -0.05) is 61.0 Å². The summed E-state index contributed by atoms with van der Waals surface area (Å²) in [5.74, 6) is 3.98. The molecule has 14 heteroatoms. The number of alkyl carbamates (subject to hydrolysis) is 1. The molecule has 5 aromatic rings. The zero-order chi connectivity index (χ0) is 39.9. The van der Waals surface area contributed by atoms with Gasteiger partial charge in [0.25, 0.3) is 5.56 Å². The smallest absolute Gasteiger partial charge is 0.407 e. The average molecular weight is 775 g/mol. The molecule has 2 aliphatic carbocycles. The summed E-state index contributed by atoms with van der Waals surface area (Å²) in [4.78, 5) is 67.0. The van der Waals surface area contributed by atoms with Gasteiger partial charge in [0.05, 0.1) is 43.0 Å². The normalized spacial score (nSPS) is 20.6. The molecule has 0 spiro atoms. The Morgan fingerprint density at radius 1 is 0.895 bits per heavy atom. The number of ether oxygens (including phenoxy) is 2. The van der Waals surface area contributed by atoms with E-state index in [9.17, 15) is 19.2 Å². The molecule has 2 saturated carbocycles. The number of carbonyl (C=O) groups is 3. The predicted octanol–water partition coefficient (Wildman–Crippen LogP) is 6.08. The van der Waals surface area contributed by atoms with Gasteiger partial charge in [-0.3, -0.25) is 14.4 Å². The maximum atomic E-state index is 13.5. The summed E-state index contributed by atoms with van der Waals surface area (Å²) < 4.78 is 10.1. The summed E-state index contributed by atoms with van der Waals surface area (Å²) in [7, 11) is 2.79. The monoisotopic (exact) mass is 774 g/mol. The van der Waals surface area contributed by atoms with Crippen LogP contribution < -0.4 is 16.2 Å². The highest BCUT2D eigenvalue weighted by Crippen LogP contribution is 2.52. The van der Waals surface area contributed by atoms with Crippen LogP contribution in [0.15, 0.2) is 84.0 Å². The van der Waals surface area contributed by atoms with Gasteiger partial charge >= 0.3 is 6.09 Å². The number of amides is 3. The molecule has 1 aliphatic heterocycles. The SMILES string of the molecule is COC(=O)NC(C(=O)N1CCCC1c1ncc(-c2ccc(-c3ccc(-c4cnc(C5CC6CCC5C6)[nH]4)cc3)cc2)[nH]1)C(C)OC.O=CNCc1ccc[nH]c1=O. The van der Waals surface area contributed by atoms with E-state index in [0.717, 1.165) is 70.0 Å². The van der Waals surface area contributed by atoms with E-state index in [1.165, 1.54) is 39.9 Å². The second-order valence-electron chi connectivity index (χ2n) is 15.1. The minimum Gasteiger partial charge on any atom is -0.453 e. The lowest BCUT2D eigenvalue weighted by Crippen LogP contribution is -2.54. The van der Waals surface area contributed by atoms with E-state index >= 15 is 0 Å². The molecule has 6 atom stereocenters. The lowest BCUT2D eigenvalue weighted by Gasteiger charge is -2.30. The number of nitrogens with zero attached hydrogens (tertiary/aromatic N) is 3. The first kappa shape index (κ1) is 39.2. The molecule has 3 aromatic heterocycles. The van der Waals surface area contributed by atoms with Crippen molar-refractivity contribution in [2.24, 2.45) is 11.8 Å². The Labute approximate surface area is 331 Å². The quantitative estimate of drug-likeness (QED) is 0.0944. The fourth-order valence-corrected chi connectivity index (χ4v) is 8.53. The molecule has 14 nitrogen and oxygen atoms in total. The predicted molar refractivity (Wildman–Crippen MR) is 215 cm³/mol. The largest absolute Gasteiger partial charge is 0.453 e. The number of hydrogen-bond donors (Lipinski definition) is 5. The number of aromatic amines is 3. The first-order valence-electron chi connectivity index (χ1n) is 19.6. The van der Waals surface area contributed by atoms with Crippen molar-refractivity contribution in [2.45, 2.75) is 76.1 Å². The highest BCUT2D eigenvalue weighted by atomic mass is 16.5. The fourth-order valence-electron chi connectivity index (χ4n) is 8.53. The van der Waals surface area contributed by atoms with Crippen molar-refractivity contribution in [3.63, 3.8) is 0 Å². The Hall–Kier alpha value is -6.02. The van der Waals surface area contributed by atoms with Crippen molar-refractivity contribution in [1.29, 1.82) is 0 Å². The van der Waals surface area contributed by atoms with Gasteiger partial charge in [0.15, 0.2) is 0 Å². The highest BCUT2D eigenvalue weighted by Gasteiger charge is 2.42. The van der Waals surface area contributed by atoms with E-state index in [-0.39, 0.29) is 24.1 Å². The van der Waals surface area contributed by atoms with Gasteiger partial charge in [-0.25, -0.2) is 14.8 Å².